The minimum absolute atomic E-state index is 0.0386. The molecule has 21 heavy (non-hydrogen) atoms. The molecule has 0 bridgehead atoms. The zero-order valence-electron chi connectivity index (χ0n) is 12.0. The molecule has 2 atom stereocenters. The second kappa shape index (κ2) is 7.08. The van der Waals surface area contributed by atoms with Crippen molar-refractivity contribution in [2.75, 3.05) is 5.32 Å². The van der Waals surface area contributed by atoms with E-state index in [0.29, 0.717) is 24.6 Å². The SMILES string of the molecule is NC(=O)Nc1ccc(CNC(=O)C[C@@H]2CCC[C@H]2N)cc1. The fourth-order valence-corrected chi connectivity index (χ4v) is 2.68. The maximum absolute atomic E-state index is 11.9. The lowest BCUT2D eigenvalue weighted by atomic mass is 10.00. The monoisotopic (exact) mass is 290 g/mol. The number of anilines is 1. The van der Waals surface area contributed by atoms with Crippen molar-refractivity contribution in [3.05, 3.63) is 29.8 Å². The molecule has 0 unspecified atom stereocenters. The van der Waals surface area contributed by atoms with E-state index in [-0.39, 0.29) is 11.9 Å². The first kappa shape index (κ1) is 15.3. The molecule has 6 heteroatoms. The minimum atomic E-state index is -0.594. The summed E-state index contributed by atoms with van der Waals surface area (Å²) in [6.07, 6.45) is 3.68. The first-order chi connectivity index (χ1) is 10.0. The van der Waals surface area contributed by atoms with E-state index >= 15 is 0 Å². The maximum atomic E-state index is 11.9. The highest BCUT2D eigenvalue weighted by atomic mass is 16.2. The normalized spacial score (nSPS) is 21.0. The van der Waals surface area contributed by atoms with Gasteiger partial charge in [-0.2, -0.15) is 0 Å². The van der Waals surface area contributed by atoms with E-state index in [1.807, 2.05) is 12.1 Å². The highest BCUT2D eigenvalue weighted by Crippen LogP contribution is 2.26. The van der Waals surface area contributed by atoms with Crippen LogP contribution < -0.4 is 22.1 Å². The third kappa shape index (κ3) is 4.75. The molecular weight excluding hydrogens is 268 g/mol. The van der Waals surface area contributed by atoms with Crippen LogP contribution in [0.3, 0.4) is 0 Å². The number of hydrogen-bond acceptors (Lipinski definition) is 3. The van der Waals surface area contributed by atoms with Gasteiger partial charge in [-0.05, 0) is 36.5 Å². The summed E-state index contributed by atoms with van der Waals surface area (Å²) in [6, 6.07) is 6.75. The Labute approximate surface area is 124 Å². The van der Waals surface area contributed by atoms with E-state index in [1.54, 1.807) is 12.1 Å². The van der Waals surface area contributed by atoms with Crippen LogP contribution in [0.5, 0.6) is 0 Å². The Balaban J connectivity index is 1.77. The number of carbonyl (C=O) groups is 2. The molecule has 0 aliphatic heterocycles. The highest BCUT2D eigenvalue weighted by molar-refractivity contribution is 5.87. The highest BCUT2D eigenvalue weighted by Gasteiger charge is 2.25. The Bertz CT molecular complexity index is 501. The topological polar surface area (TPSA) is 110 Å². The number of benzene rings is 1. The molecule has 0 spiro atoms. The Morgan fingerprint density at radius 1 is 1.19 bits per heavy atom. The molecule has 114 valence electrons. The quantitative estimate of drug-likeness (QED) is 0.656. The molecule has 1 aliphatic rings. The van der Waals surface area contributed by atoms with Crippen LogP contribution in [0.25, 0.3) is 0 Å². The second-order valence-corrected chi connectivity index (χ2v) is 5.52. The minimum Gasteiger partial charge on any atom is -0.352 e. The lowest BCUT2D eigenvalue weighted by Crippen LogP contribution is -2.31. The van der Waals surface area contributed by atoms with Crippen molar-refractivity contribution in [1.29, 1.82) is 0 Å². The van der Waals surface area contributed by atoms with Crippen LogP contribution in [0.2, 0.25) is 0 Å². The van der Waals surface area contributed by atoms with Gasteiger partial charge in [0.25, 0.3) is 0 Å². The summed E-state index contributed by atoms with van der Waals surface area (Å²) < 4.78 is 0. The standard InChI is InChI=1S/C15H22N4O2/c16-13-3-1-2-11(13)8-14(20)18-9-10-4-6-12(7-5-10)19-15(17)21/h4-7,11,13H,1-3,8-9,16H2,(H,18,20)(H3,17,19,21)/t11-,13+/m0/s1. The summed E-state index contributed by atoms with van der Waals surface area (Å²) >= 11 is 0. The van der Waals surface area contributed by atoms with Gasteiger partial charge in [-0.3, -0.25) is 4.79 Å². The Hall–Kier alpha value is -2.08. The number of carbonyl (C=O) groups excluding carboxylic acids is 2. The van der Waals surface area contributed by atoms with Crippen molar-refractivity contribution < 1.29 is 9.59 Å². The van der Waals surface area contributed by atoms with Crippen LogP contribution in [0.1, 0.15) is 31.2 Å². The van der Waals surface area contributed by atoms with Crippen molar-refractivity contribution in [2.24, 2.45) is 17.4 Å². The average molecular weight is 290 g/mol. The third-order valence-electron chi connectivity index (χ3n) is 3.88. The molecule has 0 aromatic heterocycles. The van der Waals surface area contributed by atoms with E-state index in [9.17, 15) is 9.59 Å². The van der Waals surface area contributed by atoms with Gasteiger partial charge in [-0.25, -0.2) is 4.79 Å². The molecule has 0 heterocycles. The van der Waals surface area contributed by atoms with Crippen LogP contribution >= 0.6 is 0 Å². The van der Waals surface area contributed by atoms with Crippen molar-refractivity contribution in [3.8, 4) is 0 Å². The number of nitrogens with one attached hydrogen (secondary N) is 2. The van der Waals surface area contributed by atoms with Crippen molar-refractivity contribution in [2.45, 2.75) is 38.3 Å². The van der Waals surface area contributed by atoms with Crippen LogP contribution in [-0.4, -0.2) is 18.0 Å². The fourth-order valence-electron chi connectivity index (χ4n) is 2.68. The maximum Gasteiger partial charge on any atom is 0.316 e. The largest absolute Gasteiger partial charge is 0.352 e. The number of urea groups is 1. The molecule has 3 amide bonds. The van der Waals surface area contributed by atoms with E-state index in [1.165, 1.54) is 0 Å². The number of amides is 3. The Kier molecular flexibility index (Phi) is 5.16. The molecule has 2 rings (SSSR count). The molecule has 1 saturated carbocycles. The fraction of sp³-hybridized carbons (Fsp3) is 0.467. The molecular formula is C15H22N4O2. The van der Waals surface area contributed by atoms with Crippen LogP contribution in [-0.2, 0) is 11.3 Å². The molecule has 1 aliphatic carbocycles. The molecule has 1 fully saturated rings. The van der Waals surface area contributed by atoms with E-state index < -0.39 is 6.03 Å². The van der Waals surface area contributed by atoms with Gasteiger partial charge in [-0.1, -0.05) is 18.6 Å². The van der Waals surface area contributed by atoms with Crippen LogP contribution in [0, 0.1) is 5.92 Å². The second-order valence-electron chi connectivity index (χ2n) is 5.52. The molecule has 0 radical (unpaired) electrons. The van der Waals surface area contributed by atoms with Crippen molar-refractivity contribution in [1.82, 2.24) is 5.32 Å². The summed E-state index contributed by atoms with van der Waals surface area (Å²) in [5.41, 5.74) is 12.6. The lowest BCUT2D eigenvalue weighted by Gasteiger charge is -2.14. The molecule has 1 aromatic carbocycles. The molecule has 6 N–H and O–H groups in total. The van der Waals surface area contributed by atoms with E-state index in [0.717, 1.165) is 24.8 Å². The first-order valence-corrected chi connectivity index (χ1v) is 7.22. The summed E-state index contributed by atoms with van der Waals surface area (Å²) in [5, 5.41) is 5.39. The summed E-state index contributed by atoms with van der Waals surface area (Å²) in [7, 11) is 0. The Morgan fingerprint density at radius 3 is 2.48 bits per heavy atom. The lowest BCUT2D eigenvalue weighted by molar-refractivity contribution is -0.122. The zero-order chi connectivity index (χ0) is 15.2. The van der Waals surface area contributed by atoms with Crippen LogP contribution in [0.4, 0.5) is 10.5 Å². The molecule has 1 aromatic rings. The number of primary amides is 1. The smallest absolute Gasteiger partial charge is 0.316 e. The molecule has 0 saturated heterocycles. The Morgan fingerprint density at radius 2 is 1.90 bits per heavy atom. The van der Waals surface area contributed by atoms with Gasteiger partial charge >= 0.3 is 6.03 Å². The van der Waals surface area contributed by atoms with Gasteiger partial charge in [0.15, 0.2) is 0 Å². The predicted molar refractivity (Wildman–Crippen MR) is 81.4 cm³/mol. The van der Waals surface area contributed by atoms with Gasteiger partial charge < -0.3 is 22.1 Å². The average Bonchev–Trinajstić information content (AvgIpc) is 2.83. The van der Waals surface area contributed by atoms with Gasteiger partial charge in [0.1, 0.15) is 0 Å². The van der Waals surface area contributed by atoms with Gasteiger partial charge in [0, 0.05) is 24.7 Å². The van der Waals surface area contributed by atoms with Crippen molar-refractivity contribution in [3.63, 3.8) is 0 Å². The summed E-state index contributed by atoms with van der Waals surface area (Å²) in [4.78, 5) is 22.6. The predicted octanol–water partition coefficient (Wildman–Crippen LogP) is 1.31. The number of hydrogen-bond donors (Lipinski definition) is 4. The van der Waals surface area contributed by atoms with E-state index in [2.05, 4.69) is 10.6 Å². The molecule has 6 nitrogen and oxygen atoms in total. The van der Waals surface area contributed by atoms with Crippen molar-refractivity contribution >= 4 is 17.6 Å². The number of rotatable bonds is 5. The first-order valence-electron chi connectivity index (χ1n) is 7.22. The van der Waals surface area contributed by atoms with E-state index in [4.69, 9.17) is 11.5 Å². The number of nitrogens with two attached hydrogens (primary N) is 2. The van der Waals surface area contributed by atoms with Gasteiger partial charge in [0.05, 0.1) is 0 Å². The van der Waals surface area contributed by atoms with Crippen LogP contribution in [0.15, 0.2) is 24.3 Å². The van der Waals surface area contributed by atoms with Gasteiger partial charge in [-0.15, -0.1) is 0 Å². The van der Waals surface area contributed by atoms with Gasteiger partial charge in [0.2, 0.25) is 5.91 Å². The summed E-state index contributed by atoms with van der Waals surface area (Å²) in [5.74, 6) is 0.351. The third-order valence-corrected chi connectivity index (χ3v) is 3.88. The summed E-state index contributed by atoms with van der Waals surface area (Å²) in [6.45, 7) is 0.470. The zero-order valence-corrected chi connectivity index (χ0v) is 12.0.